The standard InChI is InChI=1S/C9H6F4O/c1-3(2)4-5(10)7(12)8(13)9(14)6(4)11/h14H,1H2,2H3. The Bertz CT molecular complexity index is 383. The highest BCUT2D eigenvalue weighted by atomic mass is 19.2. The van der Waals surface area contributed by atoms with Crippen LogP contribution in [0.4, 0.5) is 17.6 Å². The van der Waals surface area contributed by atoms with Gasteiger partial charge < -0.3 is 5.11 Å². The summed E-state index contributed by atoms with van der Waals surface area (Å²) in [5, 5.41) is 8.74. The predicted octanol–water partition coefficient (Wildman–Crippen LogP) is 2.98. The molecule has 0 aromatic heterocycles. The van der Waals surface area contributed by atoms with E-state index in [1.54, 1.807) is 0 Å². The lowest BCUT2D eigenvalue weighted by molar-refractivity contribution is 0.357. The van der Waals surface area contributed by atoms with Gasteiger partial charge in [-0.1, -0.05) is 6.58 Å². The fraction of sp³-hybridized carbons (Fsp3) is 0.111. The summed E-state index contributed by atoms with van der Waals surface area (Å²) >= 11 is 0. The third-order valence-corrected chi connectivity index (χ3v) is 1.67. The highest BCUT2D eigenvalue weighted by molar-refractivity contribution is 5.64. The topological polar surface area (TPSA) is 20.2 Å². The van der Waals surface area contributed by atoms with Crippen LogP contribution in [0.25, 0.3) is 5.57 Å². The Labute approximate surface area is 77.3 Å². The van der Waals surface area contributed by atoms with Gasteiger partial charge in [-0.3, -0.25) is 0 Å². The van der Waals surface area contributed by atoms with Crippen LogP contribution >= 0.6 is 0 Å². The molecule has 5 heteroatoms. The van der Waals surface area contributed by atoms with Crippen LogP contribution < -0.4 is 0 Å². The van der Waals surface area contributed by atoms with Crippen molar-refractivity contribution in [1.82, 2.24) is 0 Å². The lowest BCUT2D eigenvalue weighted by Gasteiger charge is -2.07. The van der Waals surface area contributed by atoms with Gasteiger partial charge in [0.2, 0.25) is 5.82 Å². The Morgan fingerprint density at radius 3 is 1.93 bits per heavy atom. The number of rotatable bonds is 1. The second-order valence-electron chi connectivity index (χ2n) is 2.76. The lowest BCUT2D eigenvalue weighted by Crippen LogP contribution is -2.01. The third-order valence-electron chi connectivity index (χ3n) is 1.67. The van der Waals surface area contributed by atoms with E-state index in [1.165, 1.54) is 6.92 Å². The van der Waals surface area contributed by atoms with Crippen molar-refractivity contribution in [2.75, 3.05) is 0 Å². The number of aromatic hydroxyl groups is 1. The maximum Gasteiger partial charge on any atom is 0.206 e. The number of benzene rings is 1. The molecule has 0 radical (unpaired) electrons. The molecule has 0 heterocycles. The number of halogens is 4. The van der Waals surface area contributed by atoms with E-state index >= 15 is 0 Å². The van der Waals surface area contributed by atoms with Crippen LogP contribution in [0.5, 0.6) is 5.75 Å². The maximum absolute atomic E-state index is 13.0. The van der Waals surface area contributed by atoms with E-state index in [0.29, 0.717) is 0 Å². The molecule has 14 heavy (non-hydrogen) atoms. The average Bonchev–Trinajstić information content (AvgIpc) is 2.11. The molecule has 1 N–H and O–H groups in total. The van der Waals surface area contributed by atoms with E-state index in [9.17, 15) is 17.6 Å². The molecule has 0 atom stereocenters. The second-order valence-corrected chi connectivity index (χ2v) is 2.76. The predicted molar refractivity (Wildman–Crippen MR) is 42.6 cm³/mol. The van der Waals surface area contributed by atoms with Crippen LogP contribution in [0.2, 0.25) is 0 Å². The van der Waals surface area contributed by atoms with E-state index in [4.69, 9.17) is 5.11 Å². The molecule has 0 aliphatic carbocycles. The molecule has 0 saturated heterocycles. The van der Waals surface area contributed by atoms with Crippen molar-refractivity contribution >= 4 is 5.57 Å². The van der Waals surface area contributed by atoms with E-state index in [1.807, 2.05) is 0 Å². The summed E-state index contributed by atoms with van der Waals surface area (Å²) in [6, 6.07) is 0. The zero-order valence-electron chi connectivity index (χ0n) is 7.17. The van der Waals surface area contributed by atoms with E-state index in [2.05, 4.69) is 6.58 Å². The summed E-state index contributed by atoms with van der Waals surface area (Å²) in [4.78, 5) is 0. The van der Waals surface area contributed by atoms with Crippen molar-refractivity contribution in [2.24, 2.45) is 0 Å². The van der Waals surface area contributed by atoms with Gasteiger partial charge in [0.05, 0.1) is 5.56 Å². The third kappa shape index (κ3) is 1.34. The van der Waals surface area contributed by atoms with E-state index in [-0.39, 0.29) is 5.57 Å². The van der Waals surface area contributed by atoms with Gasteiger partial charge in [-0.15, -0.1) is 0 Å². The first-order chi connectivity index (χ1) is 6.37. The van der Waals surface area contributed by atoms with Crippen LogP contribution in [0.15, 0.2) is 6.58 Å². The van der Waals surface area contributed by atoms with Crippen LogP contribution in [0.1, 0.15) is 12.5 Å². The molecule has 0 spiro atoms. The Hall–Kier alpha value is -1.52. The molecule has 0 saturated carbocycles. The fourth-order valence-corrected chi connectivity index (χ4v) is 0.996. The van der Waals surface area contributed by atoms with Gasteiger partial charge in [-0.25, -0.2) is 13.2 Å². The van der Waals surface area contributed by atoms with Crippen molar-refractivity contribution < 1.29 is 22.7 Å². The minimum absolute atomic E-state index is 0.144. The number of phenolic OH excluding ortho intramolecular Hbond substituents is 1. The smallest absolute Gasteiger partial charge is 0.206 e. The van der Waals surface area contributed by atoms with Crippen molar-refractivity contribution in [3.8, 4) is 5.75 Å². The van der Waals surface area contributed by atoms with Crippen molar-refractivity contribution in [2.45, 2.75) is 6.92 Å². The van der Waals surface area contributed by atoms with Crippen molar-refractivity contribution in [1.29, 1.82) is 0 Å². The summed E-state index contributed by atoms with van der Waals surface area (Å²) in [6.45, 7) is 4.39. The molecule has 0 fully saturated rings. The molecule has 0 unspecified atom stereocenters. The number of allylic oxidation sites excluding steroid dienone is 1. The van der Waals surface area contributed by atoms with Gasteiger partial charge in [-0.05, 0) is 12.5 Å². The highest BCUT2D eigenvalue weighted by Gasteiger charge is 2.25. The Morgan fingerprint density at radius 2 is 1.50 bits per heavy atom. The first-order valence-corrected chi connectivity index (χ1v) is 3.58. The molecule has 0 amide bonds. The summed E-state index contributed by atoms with van der Waals surface area (Å²) in [6.07, 6.45) is 0. The highest BCUT2D eigenvalue weighted by Crippen LogP contribution is 2.31. The largest absolute Gasteiger partial charge is 0.503 e. The molecular weight excluding hydrogens is 200 g/mol. The van der Waals surface area contributed by atoms with Crippen molar-refractivity contribution in [3.05, 3.63) is 35.4 Å². The average molecular weight is 206 g/mol. The Kier molecular flexibility index (Phi) is 2.51. The van der Waals surface area contributed by atoms with Crippen LogP contribution in [-0.4, -0.2) is 5.11 Å². The van der Waals surface area contributed by atoms with Crippen LogP contribution in [0.3, 0.4) is 0 Å². The minimum Gasteiger partial charge on any atom is -0.503 e. The Morgan fingerprint density at radius 1 is 1.00 bits per heavy atom. The zero-order chi connectivity index (χ0) is 11.0. The normalized spacial score (nSPS) is 10.4. The first-order valence-electron chi connectivity index (χ1n) is 3.58. The molecule has 1 aromatic carbocycles. The van der Waals surface area contributed by atoms with Gasteiger partial charge in [0, 0.05) is 0 Å². The SMILES string of the molecule is C=C(C)c1c(F)c(O)c(F)c(F)c1F. The summed E-state index contributed by atoms with van der Waals surface area (Å²) in [5.41, 5.74) is -0.990. The van der Waals surface area contributed by atoms with E-state index in [0.717, 1.165) is 0 Å². The molecular formula is C9H6F4O. The van der Waals surface area contributed by atoms with Gasteiger partial charge in [0.1, 0.15) is 0 Å². The van der Waals surface area contributed by atoms with Gasteiger partial charge in [-0.2, -0.15) is 4.39 Å². The fourth-order valence-electron chi connectivity index (χ4n) is 0.996. The monoisotopic (exact) mass is 206 g/mol. The number of hydrogen-bond donors (Lipinski definition) is 1. The summed E-state index contributed by atoms with van der Waals surface area (Å²) in [7, 11) is 0. The minimum atomic E-state index is -1.94. The summed E-state index contributed by atoms with van der Waals surface area (Å²) < 4.78 is 51.2. The number of hydrogen-bond acceptors (Lipinski definition) is 1. The van der Waals surface area contributed by atoms with Crippen LogP contribution in [-0.2, 0) is 0 Å². The summed E-state index contributed by atoms with van der Waals surface area (Å²) in [5.74, 6) is -8.63. The molecule has 1 nitrogen and oxygen atoms in total. The molecule has 76 valence electrons. The molecule has 1 rings (SSSR count). The molecule has 1 aromatic rings. The van der Waals surface area contributed by atoms with Gasteiger partial charge >= 0.3 is 0 Å². The molecule has 0 aliphatic heterocycles. The van der Waals surface area contributed by atoms with Gasteiger partial charge in [0.25, 0.3) is 0 Å². The van der Waals surface area contributed by atoms with Gasteiger partial charge in [0.15, 0.2) is 23.2 Å². The lowest BCUT2D eigenvalue weighted by atomic mass is 10.1. The Balaban J connectivity index is 3.68. The molecule has 0 bridgehead atoms. The first kappa shape index (κ1) is 10.6. The number of phenols is 1. The van der Waals surface area contributed by atoms with E-state index < -0.39 is 34.6 Å². The maximum atomic E-state index is 13.0. The molecule has 0 aliphatic rings. The van der Waals surface area contributed by atoms with Crippen molar-refractivity contribution in [3.63, 3.8) is 0 Å². The quantitative estimate of drug-likeness (QED) is 0.425. The second kappa shape index (κ2) is 3.32. The zero-order valence-corrected chi connectivity index (χ0v) is 7.17. The van der Waals surface area contributed by atoms with Crippen LogP contribution in [0, 0.1) is 23.3 Å².